The van der Waals surface area contributed by atoms with Crippen LogP contribution in [-0.4, -0.2) is 34.5 Å². The van der Waals surface area contributed by atoms with Crippen LogP contribution in [0.4, 0.5) is 8.78 Å². The van der Waals surface area contributed by atoms with Crippen molar-refractivity contribution >= 4 is 11.8 Å². The van der Waals surface area contributed by atoms with Crippen molar-refractivity contribution in [3.8, 4) is 0 Å². The van der Waals surface area contributed by atoms with E-state index in [4.69, 9.17) is 0 Å². The minimum Gasteiger partial charge on any atom is -0.393 e. The van der Waals surface area contributed by atoms with Crippen LogP contribution >= 0.6 is 0 Å². The number of aliphatic hydroxyl groups excluding tert-OH is 1. The molecule has 4 nitrogen and oxygen atoms in total. The van der Waals surface area contributed by atoms with E-state index in [0.29, 0.717) is 6.42 Å². The second-order valence-electron chi connectivity index (χ2n) is 5.72. The highest BCUT2D eigenvalue weighted by molar-refractivity contribution is 6.21. The third kappa shape index (κ3) is 2.44. The summed E-state index contributed by atoms with van der Waals surface area (Å²) in [4.78, 5) is 25.4. The lowest BCUT2D eigenvalue weighted by Crippen LogP contribution is -2.37. The van der Waals surface area contributed by atoms with Gasteiger partial charge in [0.1, 0.15) is 0 Å². The highest BCUT2D eigenvalue weighted by Gasteiger charge is 2.38. The van der Waals surface area contributed by atoms with Crippen LogP contribution in [0.5, 0.6) is 0 Å². The van der Waals surface area contributed by atoms with Gasteiger partial charge in [-0.25, -0.2) is 8.78 Å². The SMILES string of the molecule is O=C1c2cc(F)c(F)cc2C(=O)N1CC1CCCC(O)C1. The molecular weight excluding hydrogens is 280 g/mol. The van der Waals surface area contributed by atoms with Crippen molar-refractivity contribution in [1.29, 1.82) is 0 Å². The standard InChI is InChI=1S/C15H15F2NO3/c16-12-5-10-11(6-13(12)17)15(21)18(14(10)20)7-8-2-1-3-9(19)4-8/h5-6,8-9,19H,1-4,7H2. The molecular formula is C15H15F2NO3. The molecule has 21 heavy (non-hydrogen) atoms. The van der Waals surface area contributed by atoms with E-state index in [1.165, 1.54) is 0 Å². The maximum absolute atomic E-state index is 13.2. The van der Waals surface area contributed by atoms with Crippen LogP contribution < -0.4 is 0 Å². The fraction of sp³-hybridized carbons (Fsp3) is 0.467. The van der Waals surface area contributed by atoms with Crippen LogP contribution in [0, 0.1) is 17.6 Å². The maximum Gasteiger partial charge on any atom is 0.261 e. The minimum absolute atomic E-state index is 0.0330. The molecule has 1 N–H and O–H groups in total. The number of aliphatic hydroxyl groups is 1. The first-order valence-corrected chi connectivity index (χ1v) is 7.00. The summed E-state index contributed by atoms with van der Waals surface area (Å²) < 4.78 is 26.4. The Kier molecular flexibility index (Phi) is 3.49. The molecule has 1 heterocycles. The van der Waals surface area contributed by atoms with Crippen LogP contribution in [0.1, 0.15) is 46.4 Å². The molecule has 1 aromatic carbocycles. The van der Waals surface area contributed by atoms with Crippen LogP contribution in [0.3, 0.4) is 0 Å². The normalized spacial score (nSPS) is 25.4. The zero-order valence-corrected chi connectivity index (χ0v) is 11.3. The number of amides is 2. The monoisotopic (exact) mass is 295 g/mol. The van der Waals surface area contributed by atoms with E-state index in [-0.39, 0.29) is 23.6 Å². The molecule has 0 saturated heterocycles. The highest BCUT2D eigenvalue weighted by Crippen LogP contribution is 2.30. The van der Waals surface area contributed by atoms with Gasteiger partial charge in [-0.05, 0) is 37.3 Å². The van der Waals surface area contributed by atoms with E-state index in [9.17, 15) is 23.5 Å². The Labute approximate surface area is 120 Å². The number of rotatable bonds is 2. The molecule has 1 aliphatic heterocycles. The molecule has 6 heteroatoms. The van der Waals surface area contributed by atoms with Gasteiger partial charge in [-0.15, -0.1) is 0 Å². The van der Waals surface area contributed by atoms with E-state index in [1.807, 2.05) is 0 Å². The van der Waals surface area contributed by atoms with Crippen molar-refractivity contribution in [2.45, 2.75) is 31.8 Å². The summed E-state index contributed by atoms with van der Waals surface area (Å²) in [6.45, 7) is 0.187. The average Bonchev–Trinajstić information content (AvgIpc) is 2.65. The van der Waals surface area contributed by atoms with Crippen LogP contribution in [0.2, 0.25) is 0 Å². The van der Waals surface area contributed by atoms with Crippen LogP contribution in [0.15, 0.2) is 12.1 Å². The number of nitrogens with zero attached hydrogens (tertiary/aromatic N) is 1. The molecule has 0 bridgehead atoms. The molecule has 3 rings (SSSR count). The lowest BCUT2D eigenvalue weighted by Gasteiger charge is -2.28. The van der Waals surface area contributed by atoms with Gasteiger partial charge in [0.15, 0.2) is 11.6 Å². The lowest BCUT2D eigenvalue weighted by molar-refractivity contribution is 0.0541. The highest BCUT2D eigenvalue weighted by atomic mass is 19.2. The van der Waals surface area contributed by atoms with Gasteiger partial charge >= 0.3 is 0 Å². The van der Waals surface area contributed by atoms with Crippen molar-refractivity contribution in [2.24, 2.45) is 5.92 Å². The van der Waals surface area contributed by atoms with Crippen molar-refractivity contribution in [3.05, 3.63) is 34.9 Å². The third-order valence-corrected chi connectivity index (χ3v) is 4.21. The molecule has 2 atom stereocenters. The molecule has 112 valence electrons. The Balaban J connectivity index is 1.83. The second-order valence-corrected chi connectivity index (χ2v) is 5.72. The molecule has 2 aliphatic rings. The first kappa shape index (κ1) is 14.1. The fourth-order valence-electron chi connectivity index (χ4n) is 3.14. The summed E-state index contributed by atoms with van der Waals surface area (Å²) in [5.41, 5.74) is -0.175. The van der Waals surface area contributed by atoms with Crippen molar-refractivity contribution in [2.75, 3.05) is 6.54 Å². The number of carbonyl (C=O) groups excluding carboxylic acids is 2. The maximum atomic E-state index is 13.2. The number of carbonyl (C=O) groups is 2. The summed E-state index contributed by atoms with van der Waals surface area (Å²) in [6, 6.07) is 1.56. The van der Waals surface area contributed by atoms with Gasteiger partial charge < -0.3 is 5.11 Å². The number of halogens is 2. The summed E-state index contributed by atoms with van der Waals surface area (Å²) in [5.74, 6) is -3.41. The van der Waals surface area contributed by atoms with Gasteiger partial charge in [0.25, 0.3) is 11.8 Å². The Bertz CT molecular complexity index is 576. The fourth-order valence-corrected chi connectivity index (χ4v) is 3.14. The molecule has 2 amide bonds. The topological polar surface area (TPSA) is 57.6 Å². The van der Waals surface area contributed by atoms with Crippen molar-refractivity contribution in [1.82, 2.24) is 4.90 Å². The van der Waals surface area contributed by atoms with E-state index >= 15 is 0 Å². The van der Waals surface area contributed by atoms with Crippen LogP contribution in [-0.2, 0) is 0 Å². The quantitative estimate of drug-likeness (QED) is 0.850. The van der Waals surface area contributed by atoms with E-state index in [0.717, 1.165) is 36.3 Å². The molecule has 0 radical (unpaired) electrons. The summed E-state index contributed by atoms with van der Waals surface area (Å²) in [7, 11) is 0. The Morgan fingerprint density at radius 2 is 1.67 bits per heavy atom. The molecule has 1 saturated carbocycles. The minimum atomic E-state index is -1.13. The Morgan fingerprint density at radius 1 is 1.10 bits per heavy atom. The van der Waals surface area contributed by atoms with Gasteiger partial charge in [0.05, 0.1) is 17.2 Å². The molecule has 0 spiro atoms. The number of hydrogen-bond acceptors (Lipinski definition) is 3. The molecule has 1 fully saturated rings. The van der Waals surface area contributed by atoms with Gasteiger partial charge in [0.2, 0.25) is 0 Å². The van der Waals surface area contributed by atoms with E-state index in [2.05, 4.69) is 0 Å². The number of benzene rings is 1. The first-order chi connectivity index (χ1) is 9.97. The molecule has 1 aliphatic carbocycles. The molecule has 1 aromatic rings. The van der Waals surface area contributed by atoms with Crippen molar-refractivity contribution < 1.29 is 23.5 Å². The summed E-state index contributed by atoms with van der Waals surface area (Å²) in [5, 5.41) is 9.64. The Morgan fingerprint density at radius 3 is 2.19 bits per heavy atom. The van der Waals surface area contributed by atoms with Gasteiger partial charge in [-0.2, -0.15) is 0 Å². The predicted octanol–water partition coefficient (Wildman–Crippen LogP) is 2.11. The summed E-state index contributed by atoms with van der Waals surface area (Å²) in [6.07, 6.45) is 2.53. The lowest BCUT2D eigenvalue weighted by atomic mass is 9.87. The van der Waals surface area contributed by atoms with Crippen molar-refractivity contribution in [3.63, 3.8) is 0 Å². The molecule has 2 unspecified atom stereocenters. The summed E-state index contributed by atoms with van der Waals surface area (Å²) >= 11 is 0. The molecule has 0 aromatic heterocycles. The second kappa shape index (κ2) is 5.18. The largest absolute Gasteiger partial charge is 0.393 e. The van der Waals surface area contributed by atoms with E-state index < -0.39 is 29.6 Å². The zero-order chi connectivity index (χ0) is 15.1. The van der Waals surface area contributed by atoms with E-state index in [1.54, 1.807) is 0 Å². The van der Waals surface area contributed by atoms with Gasteiger partial charge in [-0.1, -0.05) is 6.42 Å². The number of fused-ring (bicyclic) bond motifs is 1. The number of imide groups is 1. The zero-order valence-electron chi connectivity index (χ0n) is 11.3. The smallest absolute Gasteiger partial charge is 0.261 e. The van der Waals surface area contributed by atoms with Crippen LogP contribution in [0.25, 0.3) is 0 Å². The predicted molar refractivity (Wildman–Crippen MR) is 69.7 cm³/mol. The van der Waals surface area contributed by atoms with Gasteiger partial charge in [-0.3, -0.25) is 14.5 Å². The number of hydrogen-bond donors (Lipinski definition) is 1. The average molecular weight is 295 g/mol. The van der Waals surface area contributed by atoms with Gasteiger partial charge in [0, 0.05) is 6.54 Å². The first-order valence-electron chi connectivity index (χ1n) is 7.00. The Hall–Kier alpha value is -1.82. The third-order valence-electron chi connectivity index (χ3n) is 4.21.